The van der Waals surface area contributed by atoms with Gasteiger partial charge in [-0.1, -0.05) is 0 Å². The lowest BCUT2D eigenvalue weighted by molar-refractivity contribution is 0.0946. The molecule has 2 aromatic heterocycles. The molecule has 0 radical (unpaired) electrons. The molecule has 0 atom stereocenters. The lowest BCUT2D eigenvalue weighted by atomic mass is 10.1. The first-order valence-corrected chi connectivity index (χ1v) is 7.54. The van der Waals surface area contributed by atoms with Gasteiger partial charge in [0.05, 0.1) is 13.3 Å². The van der Waals surface area contributed by atoms with E-state index in [1.807, 2.05) is 13.0 Å². The summed E-state index contributed by atoms with van der Waals surface area (Å²) in [6.45, 7) is 2.03. The third-order valence-corrected chi connectivity index (χ3v) is 3.65. The van der Waals surface area contributed by atoms with Crippen molar-refractivity contribution >= 4 is 5.91 Å². The molecule has 7 heteroatoms. The van der Waals surface area contributed by atoms with Crippen molar-refractivity contribution in [1.29, 1.82) is 0 Å². The van der Waals surface area contributed by atoms with Gasteiger partial charge in [0.15, 0.2) is 17.8 Å². The molecule has 6 nitrogen and oxygen atoms in total. The Morgan fingerprint density at radius 1 is 1.32 bits per heavy atom. The smallest absolute Gasteiger partial charge is 0.274 e. The van der Waals surface area contributed by atoms with Gasteiger partial charge in [0.1, 0.15) is 11.6 Å². The lowest BCUT2D eigenvalue weighted by Gasteiger charge is -2.07. The molecule has 2 heterocycles. The highest BCUT2D eigenvalue weighted by atomic mass is 19.1. The summed E-state index contributed by atoms with van der Waals surface area (Å²) in [5, 5.41) is 2.68. The van der Waals surface area contributed by atoms with Gasteiger partial charge in [0.25, 0.3) is 5.91 Å². The zero-order valence-electron chi connectivity index (χ0n) is 13.7. The molecule has 1 aromatic carbocycles. The number of carbonyl (C=O) groups is 1. The van der Waals surface area contributed by atoms with E-state index in [4.69, 9.17) is 9.15 Å². The Morgan fingerprint density at radius 3 is 2.88 bits per heavy atom. The number of oxazole rings is 1. The predicted octanol–water partition coefficient (Wildman–Crippen LogP) is 3.12. The van der Waals surface area contributed by atoms with Crippen LogP contribution in [0.1, 0.15) is 21.6 Å². The summed E-state index contributed by atoms with van der Waals surface area (Å²) in [6.07, 6.45) is 3.81. The molecule has 0 spiro atoms. The van der Waals surface area contributed by atoms with Gasteiger partial charge in [0.2, 0.25) is 0 Å². The number of benzene rings is 1. The monoisotopic (exact) mass is 341 g/mol. The van der Waals surface area contributed by atoms with Crippen molar-refractivity contribution in [2.24, 2.45) is 0 Å². The number of amides is 1. The number of aryl methyl sites for hydroxylation is 1. The van der Waals surface area contributed by atoms with Crippen LogP contribution in [0.15, 0.2) is 47.5 Å². The summed E-state index contributed by atoms with van der Waals surface area (Å²) >= 11 is 0. The minimum atomic E-state index is -0.456. The number of carbonyl (C=O) groups excluding carboxylic acids is 1. The third-order valence-electron chi connectivity index (χ3n) is 3.65. The average molecular weight is 341 g/mol. The first kappa shape index (κ1) is 16.6. The molecular formula is C18H16FN3O3. The van der Waals surface area contributed by atoms with Gasteiger partial charge in [-0.15, -0.1) is 0 Å². The molecule has 3 aromatic rings. The first-order valence-electron chi connectivity index (χ1n) is 7.54. The van der Waals surface area contributed by atoms with E-state index < -0.39 is 11.7 Å². The van der Waals surface area contributed by atoms with Crippen LogP contribution >= 0.6 is 0 Å². The van der Waals surface area contributed by atoms with Gasteiger partial charge in [-0.2, -0.15) is 0 Å². The summed E-state index contributed by atoms with van der Waals surface area (Å²) in [5.74, 6) is 0.234. The van der Waals surface area contributed by atoms with E-state index in [9.17, 15) is 9.18 Å². The van der Waals surface area contributed by atoms with Crippen molar-refractivity contribution < 1.29 is 18.3 Å². The molecule has 0 aliphatic rings. The van der Waals surface area contributed by atoms with Crippen LogP contribution in [-0.2, 0) is 6.54 Å². The fraction of sp³-hybridized carbons (Fsp3) is 0.167. The van der Waals surface area contributed by atoms with Crippen LogP contribution in [-0.4, -0.2) is 23.0 Å². The van der Waals surface area contributed by atoms with Crippen molar-refractivity contribution in [1.82, 2.24) is 15.3 Å². The molecule has 25 heavy (non-hydrogen) atoms. The van der Waals surface area contributed by atoms with Crippen LogP contribution in [0.5, 0.6) is 5.75 Å². The molecule has 0 saturated heterocycles. The average Bonchev–Trinajstić information content (AvgIpc) is 3.09. The van der Waals surface area contributed by atoms with Gasteiger partial charge in [0, 0.05) is 18.3 Å². The normalized spacial score (nSPS) is 10.5. The molecule has 3 rings (SSSR count). The standard InChI is InChI=1S/C18H16FN3O3/c1-11-5-13(3-4-15(11)24-2)17-16(22-10-25-17)18(23)21-8-12-6-14(19)9-20-7-12/h3-7,9-10H,8H2,1-2H3,(H,21,23). The second-order valence-electron chi connectivity index (χ2n) is 5.41. The summed E-state index contributed by atoms with van der Waals surface area (Å²) < 4.78 is 23.8. The second-order valence-corrected chi connectivity index (χ2v) is 5.41. The molecule has 0 aliphatic carbocycles. The van der Waals surface area contributed by atoms with E-state index in [-0.39, 0.29) is 12.2 Å². The molecule has 0 saturated carbocycles. The van der Waals surface area contributed by atoms with Gasteiger partial charge in [-0.05, 0) is 42.3 Å². The molecular weight excluding hydrogens is 325 g/mol. The van der Waals surface area contributed by atoms with E-state index in [0.29, 0.717) is 16.9 Å². The Kier molecular flexibility index (Phi) is 4.74. The number of rotatable bonds is 5. The molecule has 1 amide bonds. The number of aromatic nitrogens is 2. The maximum absolute atomic E-state index is 13.1. The quantitative estimate of drug-likeness (QED) is 0.771. The molecule has 1 N–H and O–H groups in total. The Bertz CT molecular complexity index is 908. The minimum Gasteiger partial charge on any atom is -0.496 e. The van der Waals surface area contributed by atoms with E-state index in [1.165, 1.54) is 18.7 Å². The number of nitrogens with one attached hydrogen (secondary N) is 1. The van der Waals surface area contributed by atoms with E-state index in [2.05, 4.69) is 15.3 Å². The highest BCUT2D eigenvalue weighted by molar-refractivity contribution is 5.97. The van der Waals surface area contributed by atoms with Gasteiger partial charge in [-0.25, -0.2) is 9.37 Å². The van der Waals surface area contributed by atoms with E-state index in [0.717, 1.165) is 17.5 Å². The predicted molar refractivity (Wildman–Crippen MR) is 88.6 cm³/mol. The summed E-state index contributed by atoms with van der Waals surface area (Å²) in [6, 6.07) is 6.75. The second kappa shape index (κ2) is 7.12. The highest BCUT2D eigenvalue weighted by Gasteiger charge is 2.18. The van der Waals surface area contributed by atoms with E-state index >= 15 is 0 Å². The van der Waals surface area contributed by atoms with Crippen LogP contribution < -0.4 is 10.1 Å². The number of ether oxygens (including phenoxy) is 1. The van der Waals surface area contributed by atoms with Crippen molar-refractivity contribution in [2.45, 2.75) is 13.5 Å². The molecule has 0 fully saturated rings. The SMILES string of the molecule is COc1ccc(-c2ocnc2C(=O)NCc2cncc(F)c2)cc1C. The summed E-state index contributed by atoms with van der Waals surface area (Å²) in [5.41, 5.74) is 2.34. The Labute approximate surface area is 143 Å². The van der Waals surface area contributed by atoms with Crippen molar-refractivity contribution in [3.63, 3.8) is 0 Å². The number of hydrogen-bond donors (Lipinski definition) is 1. The zero-order chi connectivity index (χ0) is 17.8. The zero-order valence-corrected chi connectivity index (χ0v) is 13.7. The number of hydrogen-bond acceptors (Lipinski definition) is 5. The van der Waals surface area contributed by atoms with Gasteiger partial charge >= 0.3 is 0 Å². The summed E-state index contributed by atoms with van der Waals surface area (Å²) in [7, 11) is 1.59. The van der Waals surface area contributed by atoms with Crippen molar-refractivity contribution in [2.75, 3.05) is 7.11 Å². The Hall–Kier alpha value is -3.22. The van der Waals surface area contributed by atoms with Crippen molar-refractivity contribution in [3.8, 4) is 17.1 Å². The van der Waals surface area contributed by atoms with Crippen LogP contribution in [0.3, 0.4) is 0 Å². The first-order chi connectivity index (χ1) is 12.1. The van der Waals surface area contributed by atoms with E-state index in [1.54, 1.807) is 19.2 Å². The van der Waals surface area contributed by atoms with Crippen LogP contribution in [0.25, 0.3) is 11.3 Å². The van der Waals surface area contributed by atoms with Gasteiger partial charge in [-0.3, -0.25) is 9.78 Å². The largest absolute Gasteiger partial charge is 0.496 e. The molecule has 128 valence electrons. The van der Waals surface area contributed by atoms with Crippen molar-refractivity contribution in [3.05, 3.63) is 65.7 Å². The fourth-order valence-corrected chi connectivity index (χ4v) is 2.45. The Morgan fingerprint density at radius 2 is 2.16 bits per heavy atom. The molecule has 0 aliphatic heterocycles. The summed E-state index contributed by atoms with van der Waals surface area (Å²) in [4.78, 5) is 20.1. The Balaban J connectivity index is 1.79. The van der Waals surface area contributed by atoms with Gasteiger partial charge < -0.3 is 14.5 Å². The number of halogens is 1. The van der Waals surface area contributed by atoms with Crippen LogP contribution in [0.2, 0.25) is 0 Å². The molecule has 0 unspecified atom stereocenters. The molecule has 0 bridgehead atoms. The van der Waals surface area contributed by atoms with Crippen LogP contribution in [0, 0.1) is 12.7 Å². The lowest BCUT2D eigenvalue weighted by Crippen LogP contribution is -2.23. The minimum absolute atomic E-state index is 0.136. The maximum Gasteiger partial charge on any atom is 0.274 e. The number of methoxy groups -OCH3 is 1. The highest BCUT2D eigenvalue weighted by Crippen LogP contribution is 2.28. The topological polar surface area (TPSA) is 77.2 Å². The third kappa shape index (κ3) is 3.65. The van der Waals surface area contributed by atoms with Crippen LogP contribution in [0.4, 0.5) is 4.39 Å². The maximum atomic E-state index is 13.1. The number of pyridine rings is 1. The fourth-order valence-electron chi connectivity index (χ4n) is 2.45. The number of nitrogens with zero attached hydrogens (tertiary/aromatic N) is 2.